The van der Waals surface area contributed by atoms with Gasteiger partial charge < -0.3 is 5.32 Å². The van der Waals surface area contributed by atoms with Gasteiger partial charge in [0.2, 0.25) is 0 Å². The SMILES string of the molecule is CCCCn1ncc(NCc2csc(C)n2)c(Br)c1=O. The highest BCUT2D eigenvalue weighted by Gasteiger charge is 2.09. The zero-order chi connectivity index (χ0) is 14.5. The molecule has 0 aromatic carbocycles. The van der Waals surface area contributed by atoms with Crippen LogP contribution in [0, 0.1) is 6.92 Å². The van der Waals surface area contributed by atoms with Gasteiger partial charge in [-0.15, -0.1) is 11.3 Å². The van der Waals surface area contributed by atoms with Crippen LogP contribution >= 0.6 is 27.3 Å². The lowest BCUT2D eigenvalue weighted by atomic mass is 10.3. The van der Waals surface area contributed by atoms with E-state index < -0.39 is 0 Å². The van der Waals surface area contributed by atoms with Crippen molar-refractivity contribution in [3.8, 4) is 0 Å². The number of aryl methyl sites for hydroxylation is 2. The normalized spacial score (nSPS) is 10.8. The van der Waals surface area contributed by atoms with Crippen molar-refractivity contribution >= 4 is 33.0 Å². The average Bonchev–Trinajstić information content (AvgIpc) is 2.85. The highest BCUT2D eigenvalue weighted by molar-refractivity contribution is 9.10. The Balaban J connectivity index is 2.09. The lowest BCUT2D eigenvalue weighted by Crippen LogP contribution is -2.24. The molecular weight excluding hydrogens is 340 g/mol. The highest BCUT2D eigenvalue weighted by atomic mass is 79.9. The van der Waals surface area contributed by atoms with Crippen LogP contribution in [0.25, 0.3) is 0 Å². The van der Waals surface area contributed by atoms with Crippen LogP contribution in [-0.2, 0) is 13.1 Å². The molecule has 5 nitrogen and oxygen atoms in total. The van der Waals surface area contributed by atoms with Crippen molar-refractivity contribution in [2.45, 2.75) is 39.8 Å². The van der Waals surface area contributed by atoms with Crippen molar-refractivity contribution in [2.75, 3.05) is 5.32 Å². The minimum Gasteiger partial charge on any atom is -0.377 e. The highest BCUT2D eigenvalue weighted by Crippen LogP contribution is 2.18. The largest absolute Gasteiger partial charge is 0.377 e. The Labute approximate surface area is 130 Å². The van der Waals surface area contributed by atoms with Crippen molar-refractivity contribution in [1.82, 2.24) is 14.8 Å². The summed E-state index contributed by atoms with van der Waals surface area (Å²) < 4.78 is 2.02. The fraction of sp³-hybridized carbons (Fsp3) is 0.462. The van der Waals surface area contributed by atoms with Gasteiger partial charge in [-0.1, -0.05) is 13.3 Å². The van der Waals surface area contributed by atoms with E-state index in [0.29, 0.717) is 23.2 Å². The molecule has 1 N–H and O–H groups in total. The molecule has 2 heterocycles. The Morgan fingerprint density at radius 2 is 2.30 bits per heavy atom. The Morgan fingerprint density at radius 1 is 1.50 bits per heavy atom. The molecule has 0 unspecified atom stereocenters. The Hall–Kier alpha value is -1.21. The van der Waals surface area contributed by atoms with Gasteiger partial charge in [0.05, 0.1) is 29.1 Å². The van der Waals surface area contributed by atoms with E-state index in [9.17, 15) is 4.79 Å². The van der Waals surface area contributed by atoms with Gasteiger partial charge in [0.1, 0.15) is 4.47 Å². The Morgan fingerprint density at radius 3 is 2.95 bits per heavy atom. The molecular formula is C13H17BrN4OS. The number of hydrogen-bond donors (Lipinski definition) is 1. The molecule has 0 spiro atoms. The number of aromatic nitrogens is 3. The van der Waals surface area contributed by atoms with Crippen molar-refractivity contribution in [1.29, 1.82) is 0 Å². The van der Waals surface area contributed by atoms with Crippen LogP contribution in [0.4, 0.5) is 5.69 Å². The quantitative estimate of drug-likeness (QED) is 0.863. The summed E-state index contributed by atoms with van der Waals surface area (Å²) in [5, 5.41) is 10.4. The third kappa shape index (κ3) is 3.67. The maximum Gasteiger partial charge on any atom is 0.283 e. The van der Waals surface area contributed by atoms with Crippen molar-refractivity contribution < 1.29 is 0 Å². The Bertz CT molecular complexity index is 638. The number of nitrogens with zero attached hydrogens (tertiary/aromatic N) is 3. The zero-order valence-electron chi connectivity index (χ0n) is 11.5. The molecule has 0 amide bonds. The predicted molar refractivity (Wildman–Crippen MR) is 85.3 cm³/mol. The van der Waals surface area contributed by atoms with Gasteiger partial charge in [-0.2, -0.15) is 5.10 Å². The van der Waals surface area contributed by atoms with Gasteiger partial charge in [-0.05, 0) is 29.3 Å². The average molecular weight is 357 g/mol. The number of anilines is 1. The van der Waals surface area contributed by atoms with E-state index in [-0.39, 0.29) is 5.56 Å². The van der Waals surface area contributed by atoms with E-state index in [0.717, 1.165) is 23.5 Å². The molecule has 0 saturated carbocycles. The third-order valence-corrected chi connectivity index (χ3v) is 4.42. The second kappa shape index (κ2) is 6.99. The smallest absolute Gasteiger partial charge is 0.283 e. The molecule has 20 heavy (non-hydrogen) atoms. The molecule has 0 fully saturated rings. The lowest BCUT2D eigenvalue weighted by molar-refractivity contribution is 0.541. The van der Waals surface area contributed by atoms with Gasteiger partial charge in [0.15, 0.2) is 0 Å². The summed E-state index contributed by atoms with van der Waals surface area (Å²) in [4.78, 5) is 16.5. The summed E-state index contributed by atoms with van der Waals surface area (Å²) in [5.74, 6) is 0. The first-order chi connectivity index (χ1) is 9.61. The third-order valence-electron chi connectivity index (χ3n) is 2.83. The number of unbranched alkanes of at least 4 members (excludes halogenated alkanes) is 1. The molecule has 0 saturated heterocycles. The van der Waals surface area contributed by atoms with Gasteiger partial charge in [0.25, 0.3) is 5.56 Å². The molecule has 2 aromatic heterocycles. The first-order valence-electron chi connectivity index (χ1n) is 6.52. The van der Waals surface area contributed by atoms with Gasteiger partial charge in [-0.3, -0.25) is 4.79 Å². The molecule has 0 aliphatic carbocycles. The van der Waals surface area contributed by atoms with Gasteiger partial charge in [-0.25, -0.2) is 9.67 Å². The summed E-state index contributed by atoms with van der Waals surface area (Å²) in [7, 11) is 0. The van der Waals surface area contributed by atoms with E-state index in [1.165, 1.54) is 4.68 Å². The molecule has 2 aromatic rings. The maximum absolute atomic E-state index is 12.1. The van der Waals surface area contributed by atoms with Crippen LogP contribution in [0.15, 0.2) is 20.8 Å². The first kappa shape index (κ1) is 15.2. The molecule has 0 aliphatic heterocycles. The van der Waals surface area contributed by atoms with Crippen LogP contribution in [0.5, 0.6) is 0 Å². The van der Waals surface area contributed by atoms with Gasteiger partial charge >= 0.3 is 0 Å². The van der Waals surface area contributed by atoms with Crippen LogP contribution in [0.2, 0.25) is 0 Å². The summed E-state index contributed by atoms with van der Waals surface area (Å²) >= 11 is 4.96. The number of thiazole rings is 1. The van der Waals surface area contributed by atoms with E-state index >= 15 is 0 Å². The minimum atomic E-state index is -0.0992. The molecule has 0 atom stereocenters. The van der Waals surface area contributed by atoms with Crippen LogP contribution < -0.4 is 10.9 Å². The topological polar surface area (TPSA) is 59.8 Å². The summed E-state index contributed by atoms with van der Waals surface area (Å²) in [5.41, 5.74) is 1.57. The monoisotopic (exact) mass is 356 g/mol. The summed E-state index contributed by atoms with van der Waals surface area (Å²) in [6.45, 7) is 5.30. The zero-order valence-corrected chi connectivity index (χ0v) is 13.9. The van der Waals surface area contributed by atoms with Crippen molar-refractivity contribution in [3.63, 3.8) is 0 Å². The predicted octanol–water partition coefficient (Wildman–Crippen LogP) is 3.18. The van der Waals surface area contributed by atoms with E-state index in [2.05, 4.69) is 38.3 Å². The summed E-state index contributed by atoms with van der Waals surface area (Å²) in [6, 6.07) is 0. The van der Waals surface area contributed by atoms with E-state index in [4.69, 9.17) is 0 Å². The van der Waals surface area contributed by atoms with Crippen LogP contribution in [-0.4, -0.2) is 14.8 Å². The standard InChI is InChI=1S/C13H17BrN4OS/c1-3-4-5-18-13(19)12(14)11(7-16-18)15-6-10-8-20-9(2)17-10/h7-8,15H,3-6H2,1-2H3. The second-order valence-corrected chi connectivity index (χ2v) is 6.32. The van der Waals surface area contributed by atoms with E-state index in [1.54, 1.807) is 17.5 Å². The molecule has 108 valence electrons. The molecule has 0 bridgehead atoms. The maximum atomic E-state index is 12.1. The fourth-order valence-electron chi connectivity index (χ4n) is 1.73. The van der Waals surface area contributed by atoms with Gasteiger partial charge in [0, 0.05) is 11.9 Å². The fourth-order valence-corrected chi connectivity index (χ4v) is 2.79. The number of rotatable bonds is 6. The second-order valence-electron chi connectivity index (χ2n) is 4.47. The van der Waals surface area contributed by atoms with Crippen molar-refractivity contribution in [2.24, 2.45) is 0 Å². The molecule has 0 radical (unpaired) electrons. The molecule has 7 heteroatoms. The van der Waals surface area contributed by atoms with E-state index in [1.807, 2.05) is 12.3 Å². The van der Waals surface area contributed by atoms with Crippen molar-refractivity contribution in [3.05, 3.63) is 37.1 Å². The molecule has 0 aliphatic rings. The molecule has 2 rings (SSSR count). The summed E-state index contributed by atoms with van der Waals surface area (Å²) in [6.07, 6.45) is 3.67. The number of halogens is 1. The Kier molecular flexibility index (Phi) is 5.31. The minimum absolute atomic E-state index is 0.0992. The number of hydrogen-bond acceptors (Lipinski definition) is 5. The number of nitrogens with one attached hydrogen (secondary N) is 1. The first-order valence-corrected chi connectivity index (χ1v) is 8.19. The van der Waals surface area contributed by atoms with Crippen LogP contribution in [0.3, 0.4) is 0 Å². The van der Waals surface area contributed by atoms with Crippen LogP contribution in [0.1, 0.15) is 30.5 Å². The lowest BCUT2D eigenvalue weighted by Gasteiger charge is -2.09.